The van der Waals surface area contributed by atoms with Crippen molar-refractivity contribution in [2.75, 3.05) is 13.1 Å². The third kappa shape index (κ3) is 4.44. The predicted molar refractivity (Wildman–Crippen MR) is 96.2 cm³/mol. The molecule has 0 aliphatic carbocycles. The number of carbonyl (C=O) groups excluding carboxylic acids is 2. The van der Waals surface area contributed by atoms with Crippen LogP contribution in [0.5, 0.6) is 0 Å². The van der Waals surface area contributed by atoms with E-state index in [9.17, 15) is 9.59 Å². The molecule has 1 aromatic heterocycles. The minimum atomic E-state index is -0.561. The lowest BCUT2D eigenvalue weighted by Crippen LogP contribution is -2.49. The van der Waals surface area contributed by atoms with Gasteiger partial charge in [-0.15, -0.1) is 0 Å². The molecule has 1 atom stereocenters. The maximum Gasteiger partial charge on any atom is 0.253 e. The van der Waals surface area contributed by atoms with Crippen molar-refractivity contribution in [3.05, 3.63) is 65.5 Å². The van der Waals surface area contributed by atoms with Crippen molar-refractivity contribution in [3.8, 4) is 0 Å². The molecule has 1 N–H and O–H groups in total. The van der Waals surface area contributed by atoms with Crippen LogP contribution in [-0.2, 0) is 11.2 Å². The highest BCUT2D eigenvalue weighted by Gasteiger charge is 2.28. The molecule has 1 aromatic carbocycles. The molecule has 25 heavy (non-hydrogen) atoms. The Labute approximate surface area is 148 Å². The fraction of sp³-hybridized carbons (Fsp3) is 0.350. The quantitative estimate of drug-likeness (QED) is 0.911. The van der Waals surface area contributed by atoms with Gasteiger partial charge in [0.15, 0.2) is 0 Å². The Bertz CT molecular complexity index is 722. The Hall–Kier alpha value is -2.69. The van der Waals surface area contributed by atoms with Gasteiger partial charge in [0.2, 0.25) is 5.91 Å². The van der Waals surface area contributed by atoms with Crippen LogP contribution in [0.2, 0.25) is 0 Å². The van der Waals surface area contributed by atoms with Gasteiger partial charge in [0.25, 0.3) is 5.91 Å². The zero-order chi connectivity index (χ0) is 17.6. The topological polar surface area (TPSA) is 62.3 Å². The second-order valence-corrected chi connectivity index (χ2v) is 6.44. The van der Waals surface area contributed by atoms with Gasteiger partial charge in [0.05, 0.1) is 5.56 Å². The van der Waals surface area contributed by atoms with Gasteiger partial charge < -0.3 is 10.2 Å². The number of rotatable bonds is 5. The van der Waals surface area contributed by atoms with Crippen LogP contribution >= 0.6 is 0 Å². The van der Waals surface area contributed by atoms with Crippen molar-refractivity contribution in [2.45, 2.75) is 32.2 Å². The molecule has 1 aliphatic heterocycles. The SMILES string of the molecule is Cc1ccc(C(=O)N[C@H](Cc2ccccc2)C(=O)N2CCCC2)cn1. The maximum atomic E-state index is 12.9. The lowest BCUT2D eigenvalue weighted by Gasteiger charge is -2.24. The average Bonchev–Trinajstić information content (AvgIpc) is 3.16. The number of nitrogens with zero attached hydrogens (tertiary/aromatic N) is 2. The fourth-order valence-corrected chi connectivity index (χ4v) is 3.05. The number of benzene rings is 1. The number of carbonyl (C=O) groups is 2. The van der Waals surface area contributed by atoms with Gasteiger partial charge in [0, 0.05) is 31.4 Å². The molecule has 2 amide bonds. The molecule has 3 rings (SSSR count). The van der Waals surface area contributed by atoms with Gasteiger partial charge >= 0.3 is 0 Å². The third-order valence-corrected chi connectivity index (χ3v) is 4.48. The van der Waals surface area contributed by atoms with E-state index in [1.165, 1.54) is 0 Å². The number of amides is 2. The largest absolute Gasteiger partial charge is 0.341 e. The standard InChI is InChI=1S/C20H23N3O2/c1-15-9-10-17(14-21-15)19(24)22-18(13-16-7-3-2-4-8-16)20(25)23-11-5-6-12-23/h2-4,7-10,14,18H,5-6,11-13H2,1H3,(H,22,24)/t18-/m1/s1. The molecule has 1 aliphatic rings. The van der Waals surface area contributed by atoms with E-state index in [4.69, 9.17) is 0 Å². The Morgan fingerprint density at radius 2 is 1.84 bits per heavy atom. The smallest absolute Gasteiger partial charge is 0.253 e. The summed E-state index contributed by atoms with van der Waals surface area (Å²) in [6.45, 7) is 3.41. The number of likely N-dealkylation sites (tertiary alicyclic amines) is 1. The number of pyridine rings is 1. The van der Waals surface area contributed by atoms with Crippen LogP contribution < -0.4 is 5.32 Å². The Morgan fingerprint density at radius 1 is 1.12 bits per heavy atom. The first-order valence-electron chi connectivity index (χ1n) is 8.70. The summed E-state index contributed by atoms with van der Waals surface area (Å²) in [4.78, 5) is 31.4. The summed E-state index contributed by atoms with van der Waals surface area (Å²) in [6.07, 6.45) is 4.09. The van der Waals surface area contributed by atoms with Gasteiger partial charge in [-0.1, -0.05) is 30.3 Å². The normalized spacial score (nSPS) is 15.0. The van der Waals surface area contributed by atoms with Crippen molar-refractivity contribution < 1.29 is 9.59 Å². The van der Waals surface area contributed by atoms with E-state index in [0.717, 1.165) is 37.2 Å². The summed E-state index contributed by atoms with van der Waals surface area (Å²) < 4.78 is 0. The van der Waals surface area contributed by atoms with Gasteiger partial charge in [0.1, 0.15) is 6.04 Å². The Kier molecular flexibility index (Phi) is 5.43. The van der Waals surface area contributed by atoms with Crippen LogP contribution in [0, 0.1) is 6.92 Å². The second-order valence-electron chi connectivity index (χ2n) is 6.44. The zero-order valence-electron chi connectivity index (χ0n) is 14.4. The number of nitrogens with one attached hydrogen (secondary N) is 1. The predicted octanol–water partition coefficient (Wildman–Crippen LogP) is 2.35. The van der Waals surface area contributed by atoms with Crippen LogP contribution in [0.4, 0.5) is 0 Å². The van der Waals surface area contributed by atoms with Crippen LogP contribution in [0.3, 0.4) is 0 Å². The first-order valence-corrected chi connectivity index (χ1v) is 8.70. The summed E-state index contributed by atoms with van der Waals surface area (Å²) in [7, 11) is 0. The van der Waals surface area contributed by atoms with Gasteiger partial charge in [-0.25, -0.2) is 0 Å². The molecule has 0 spiro atoms. The van der Waals surface area contributed by atoms with Crippen molar-refractivity contribution in [2.24, 2.45) is 0 Å². The van der Waals surface area contributed by atoms with Crippen LogP contribution in [0.25, 0.3) is 0 Å². The Balaban J connectivity index is 1.76. The highest BCUT2D eigenvalue weighted by Crippen LogP contribution is 2.13. The van der Waals surface area contributed by atoms with Crippen molar-refractivity contribution in [3.63, 3.8) is 0 Å². The summed E-state index contributed by atoms with van der Waals surface area (Å²) in [5.74, 6) is -0.268. The van der Waals surface area contributed by atoms with E-state index < -0.39 is 6.04 Å². The van der Waals surface area contributed by atoms with E-state index in [-0.39, 0.29) is 11.8 Å². The molecule has 1 saturated heterocycles. The van der Waals surface area contributed by atoms with Crippen LogP contribution in [0.1, 0.15) is 34.5 Å². The molecule has 0 saturated carbocycles. The van der Waals surface area contributed by atoms with Gasteiger partial charge in [-0.05, 0) is 37.5 Å². The molecule has 5 nitrogen and oxygen atoms in total. The number of aromatic nitrogens is 1. The molecule has 1 fully saturated rings. The number of hydrogen-bond acceptors (Lipinski definition) is 3. The Morgan fingerprint density at radius 3 is 2.48 bits per heavy atom. The van der Waals surface area contributed by atoms with Crippen molar-refractivity contribution in [1.29, 1.82) is 0 Å². The molecular weight excluding hydrogens is 314 g/mol. The summed E-state index contributed by atoms with van der Waals surface area (Å²) >= 11 is 0. The molecule has 0 bridgehead atoms. The first kappa shape index (κ1) is 17.1. The van der Waals surface area contributed by atoms with Crippen LogP contribution in [0.15, 0.2) is 48.7 Å². The minimum absolute atomic E-state index is 0.00484. The summed E-state index contributed by atoms with van der Waals surface area (Å²) in [5, 5.41) is 2.91. The highest BCUT2D eigenvalue weighted by atomic mass is 16.2. The second kappa shape index (κ2) is 7.92. The molecule has 130 valence electrons. The summed E-state index contributed by atoms with van der Waals surface area (Å²) in [6, 6.07) is 12.7. The molecule has 0 radical (unpaired) electrons. The van der Waals surface area contributed by atoms with Crippen molar-refractivity contribution in [1.82, 2.24) is 15.2 Å². The first-order chi connectivity index (χ1) is 12.1. The molecule has 2 heterocycles. The van der Waals surface area contributed by atoms with Gasteiger partial charge in [-0.3, -0.25) is 14.6 Å². The lowest BCUT2D eigenvalue weighted by molar-refractivity contribution is -0.132. The molecular formula is C20H23N3O2. The molecule has 0 unspecified atom stereocenters. The third-order valence-electron chi connectivity index (χ3n) is 4.48. The zero-order valence-corrected chi connectivity index (χ0v) is 14.4. The monoisotopic (exact) mass is 337 g/mol. The number of aryl methyl sites for hydroxylation is 1. The van der Waals surface area contributed by atoms with E-state index in [0.29, 0.717) is 12.0 Å². The van der Waals surface area contributed by atoms with E-state index in [1.54, 1.807) is 18.3 Å². The summed E-state index contributed by atoms with van der Waals surface area (Å²) in [5.41, 5.74) is 2.35. The van der Waals surface area contributed by atoms with Crippen LogP contribution in [-0.4, -0.2) is 40.8 Å². The van der Waals surface area contributed by atoms with E-state index >= 15 is 0 Å². The van der Waals surface area contributed by atoms with Gasteiger partial charge in [-0.2, -0.15) is 0 Å². The van der Waals surface area contributed by atoms with E-state index in [1.807, 2.05) is 42.2 Å². The molecule has 5 heteroatoms. The average molecular weight is 337 g/mol. The highest BCUT2D eigenvalue weighted by molar-refractivity contribution is 5.97. The van der Waals surface area contributed by atoms with E-state index in [2.05, 4.69) is 10.3 Å². The fourth-order valence-electron chi connectivity index (χ4n) is 3.05. The minimum Gasteiger partial charge on any atom is -0.341 e. The molecule has 2 aromatic rings. The van der Waals surface area contributed by atoms with Crippen molar-refractivity contribution >= 4 is 11.8 Å². The number of hydrogen-bond donors (Lipinski definition) is 1. The lowest BCUT2D eigenvalue weighted by atomic mass is 10.0. The maximum absolute atomic E-state index is 12.9.